The number of pyridine rings is 1. The number of hydrogen-bond acceptors (Lipinski definition) is 5. The molecule has 1 aliphatic rings. The maximum atomic E-state index is 12.4. The van der Waals surface area contributed by atoms with Gasteiger partial charge in [-0.2, -0.15) is 0 Å². The van der Waals surface area contributed by atoms with E-state index in [1.807, 2.05) is 36.4 Å². The summed E-state index contributed by atoms with van der Waals surface area (Å²) < 4.78 is 6.97. The van der Waals surface area contributed by atoms with Crippen LogP contribution in [0.5, 0.6) is 5.75 Å². The third-order valence-corrected chi connectivity index (χ3v) is 5.73. The Morgan fingerprint density at radius 2 is 1.90 bits per heavy atom. The molecular formula is C24H27N3O4. The van der Waals surface area contributed by atoms with Gasteiger partial charge in [0.2, 0.25) is 0 Å². The summed E-state index contributed by atoms with van der Waals surface area (Å²) >= 11 is 0. The first-order valence-electron chi connectivity index (χ1n) is 10.6. The molecular weight excluding hydrogens is 394 g/mol. The molecule has 1 aromatic heterocycles. The van der Waals surface area contributed by atoms with Gasteiger partial charge in [0.1, 0.15) is 12.4 Å². The van der Waals surface area contributed by atoms with E-state index >= 15 is 0 Å². The van der Waals surface area contributed by atoms with Gasteiger partial charge in [0.15, 0.2) is 0 Å². The maximum Gasteiger partial charge on any atom is 0.407 e. The highest BCUT2D eigenvalue weighted by atomic mass is 16.5. The molecule has 1 atom stereocenters. The van der Waals surface area contributed by atoms with Gasteiger partial charge < -0.3 is 24.6 Å². The van der Waals surface area contributed by atoms with Crippen LogP contribution in [0.25, 0.3) is 10.9 Å². The zero-order valence-corrected chi connectivity index (χ0v) is 17.4. The number of likely N-dealkylation sites (tertiary alicyclic amines) is 1. The number of carbonyl (C=O) groups is 1. The molecule has 3 aromatic rings. The van der Waals surface area contributed by atoms with E-state index in [1.54, 1.807) is 28.8 Å². The third kappa shape index (κ3) is 5.44. The second-order valence-corrected chi connectivity index (χ2v) is 7.96. The second kappa shape index (κ2) is 9.66. The Kier molecular flexibility index (Phi) is 6.52. The molecule has 0 unspecified atom stereocenters. The number of carbonyl (C=O) groups excluding carboxylic acids is 1. The molecule has 162 valence electrons. The van der Waals surface area contributed by atoms with Gasteiger partial charge in [-0.1, -0.05) is 30.3 Å². The lowest BCUT2D eigenvalue weighted by molar-refractivity contribution is 0.138. The summed E-state index contributed by atoms with van der Waals surface area (Å²) in [5, 5.41) is 13.6. The molecule has 4 rings (SSSR count). The van der Waals surface area contributed by atoms with Crippen LogP contribution in [-0.2, 0) is 17.9 Å². The normalized spacial score (nSPS) is 16.5. The van der Waals surface area contributed by atoms with E-state index in [4.69, 9.17) is 4.74 Å². The number of amides is 1. The Morgan fingerprint density at radius 1 is 1.10 bits per heavy atom. The van der Waals surface area contributed by atoms with Crippen LogP contribution in [0.15, 0.2) is 65.5 Å². The molecule has 0 spiro atoms. The minimum atomic E-state index is -0.399. The molecule has 7 nitrogen and oxygen atoms in total. The van der Waals surface area contributed by atoms with Gasteiger partial charge in [-0.15, -0.1) is 0 Å². The van der Waals surface area contributed by atoms with Crippen molar-refractivity contribution in [1.82, 2.24) is 14.8 Å². The second-order valence-electron chi connectivity index (χ2n) is 7.96. The lowest BCUT2D eigenvalue weighted by Crippen LogP contribution is -2.33. The third-order valence-electron chi connectivity index (χ3n) is 5.73. The number of nitrogens with zero attached hydrogens (tertiary/aromatic N) is 2. The Bertz CT molecular complexity index is 1100. The van der Waals surface area contributed by atoms with Gasteiger partial charge in [-0.25, -0.2) is 4.79 Å². The molecule has 0 saturated carbocycles. The van der Waals surface area contributed by atoms with Crippen LogP contribution >= 0.6 is 0 Å². The fraction of sp³-hybridized carbons (Fsp3) is 0.333. The van der Waals surface area contributed by atoms with Crippen molar-refractivity contribution in [1.29, 1.82) is 0 Å². The van der Waals surface area contributed by atoms with E-state index in [9.17, 15) is 14.7 Å². The van der Waals surface area contributed by atoms with Crippen molar-refractivity contribution in [2.45, 2.75) is 19.6 Å². The first-order chi connectivity index (χ1) is 15.1. The van der Waals surface area contributed by atoms with Gasteiger partial charge >= 0.3 is 6.09 Å². The number of rotatable bonds is 7. The Hall–Kier alpha value is -3.32. The number of alkyl carbamates (subject to hydrolysis) is 1. The molecule has 2 heterocycles. The number of fused-ring (bicyclic) bond motifs is 1. The van der Waals surface area contributed by atoms with E-state index in [0.29, 0.717) is 19.0 Å². The molecule has 0 aliphatic carbocycles. The van der Waals surface area contributed by atoms with Crippen molar-refractivity contribution in [2.75, 3.05) is 26.2 Å². The summed E-state index contributed by atoms with van der Waals surface area (Å²) in [5.41, 5.74) is 1.63. The number of hydrogen-bond donors (Lipinski definition) is 2. The summed E-state index contributed by atoms with van der Waals surface area (Å²) in [6.07, 6.45) is 0.592. The summed E-state index contributed by atoms with van der Waals surface area (Å²) in [7, 11) is 0. The van der Waals surface area contributed by atoms with Crippen LogP contribution in [0.2, 0.25) is 0 Å². The smallest absolute Gasteiger partial charge is 0.407 e. The van der Waals surface area contributed by atoms with Crippen molar-refractivity contribution in [3.05, 3.63) is 76.6 Å². The van der Waals surface area contributed by atoms with E-state index in [2.05, 4.69) is 10.2 Å². The molecule has 0 radical (unpaired) electrons. The minimum absolute atomic E-state index is 0.0725. The molecule has 2 N–H and O–H groups in total. The lowest BCUT2D eigenvalue weighted by atomic mass is 10.1. The van der Waals surface area contributed by atoms with Crippen molar-refractivity contribution >= 4 is 17.0 Å². The standard InChI is InChI=1S/C24H27N3O4/c28-21-8-6-20-7-9-23(29)27(22(20)14-21)13-12-26-11-10-19(16-26)15-25-24(30)31-17-18-4-2-1-3-5-18/h1-9,14,19,28H,10-13,15-17H2,(H,25,30)/t19-/m0/s1. The molecule has 31 heavy (non-hydrogen) atoms. The van der Waals surface area contributed by atoms with Crippen LogP contribution in [0, 0.1) is 5.92 Å². The Morgan fingerprint density at radius 3 is 2.74 bits per heavy atom. The molecule has 1 fully saturated rings. The average Bonchev–Trinajstić information content (AvgIpc) is 3.24. The first kappa shape index (κ1) is 20.9. The number of aromatic hydroxyl groups is 1. The van der Waals surface area contributed by atoms with Crippen LogP contribution < -0.4 is 10.9 Å². The zero-order chi connectivity index (χ0) is 21.6. The Balaban J connectivity index is 1.24. The van der Waals surface area contributed by atoms with Crippen molar-refractivity contribution in [3.63, 3.8) is 0 Å². The molecule has 1 saturated heterocycles. The first-order valence-corrected chi connectivity index (χ1v) is 10.6. The summed E-state index contributed by atoms with van der Waals surface area (Å²) in [4.78, 5) is 26.6. The molecule has 0 bridgehead atoms. The van der Waals surface area contributed by atoms with Gasteiger partial charge in [-0.3, -0.25) is 4.79 Å². The number of aromatic nitrogens is 1. The molecule has 1 aliphatic heterocycles. The van der Waals surface area contributed by atoms with Crippen molar-refractivity contribution in [3.8, 4) is 5.75 Å². The highest BCUT2D eigenvalue weighted by Gasteiger charge is 2.23. The SMILES string of the molecule is O=C(NC[C@@H]1CCN(CCn2c(=O)ccc3ccc(O)cc32)C1)OCc1ccccc1. The molecule has 7 heteroatoms. The quantitative estimate of drug-likeness (QED) is 0.613. The van der Waals surface area contributed by atoms with Crippen LogP contribution in [0.4, 0.5) is 4.79 Å². The highest BCUT2D eigenvalue weighted by Crippen LogP contribution is 2.19. The van der Waals surface area contributed by atoms with Crippen LogP contribution in [0.3, 0.4) is 0 Å². The highest BCUT2D eigenvalue weighted by molar-refractivity contribution is 5.80. The van der Waals surface area contributed by atoms with E-state index in [1.165, 1.54) is 0 Å². The largest absolute Gasteiger partial charge is 0.508 e. The topological polar surface area (TPSA) is 83.8 Å². The number of nitrogens with one attached hydrogen (secondary N) is 1. The van der Waals surface area contributed by atoms with Crippen molar-refractivity contribution < 1.29 is 14.6 Å². The number of ether oxygens (including phenoxy) is 1. The lowest BCUT2D eigenvalue weighted by Gasteiger charge is -2.18. The van der Waals surface area contributed by atoms with Crippen LogP contribution in [0.1, 0.15) is 12.0 Å². The minimum Gasteiger partial charge on any atom is -0.508 e. The predicted molar refractivity (Wildman–Crippen MR) is 119 cm³/mol. The summed E-state index contributed by atoms with van der Waals surface area (Å²) in [6.45, 7) is 3.92. The zero-order valence-electron chi connectivity index (χ0n) is 17.4. The fourth-order valence-corrected chi connectivity index (χ4v) is 4.03. The van der Waals surface area contributed by atoms with Gasteiger partial charge in [0.25, 0.3) is 5.56 Å². The van der Waals surface area contributed by atoms with Crippen LogP contribution in [-0.4, -0.2) is 46.8 Å². The number of benzene rings is 2. The Labute approximate surface area is 180 Å². The fourth-order valence-electron chi connectivity index (χ4n) is 4.03. The number of phenolic OH excluding ortho intramolecular Hbond substituents is 1. The van der Waals surface area contributed by atoms with Gasteiger partial charge in [-0.05, 0) is 48.0 Å². The van der Waals surface area contributed by atoms with E-state index in [-0.39, 0.29) is 17.9 Å². The predicted octanol–water partition coefficient (Wildman–Crippen LogP) is 2.96. The maximum absolute atomic E-state index is 12.4. The molecule has 2 aromatic carbocycles. The van der Waals surface area contributed by atoms with Crippen molar-refractivity contribution in [2.24, 2.45) is 5.92 Å². The van der Waals surface area contributed by atoms with E-state index in [0.717, 1.165) is 42.5 Å². The van der Waals surface area contributed by atoms with Gasteiger partial charge in [0, 0.05) is 38.3 Å². The summed E-state index contributed by atoms with van der Waals surface area (Å²) in [6, 6.07) is 18.0. The summed E-state index contributed by atoms with van der Waals surface area (Å²) in [5.74, 6) is 0.510. The monoisotopic (exact) mass is 421 g/mol. The molecule has 1 amide bonds. The average molecular weight is 421 g/mol. The van der Waals surface area contributed by atoms with E-state index < -0.39 is 6.09 Å². The number of phenols is 1. The van der Waals surface area contributed by atoms with Gasteiger partial charge in [0.05, 0.1) is 5.52 Å².